The van der Waals surface area contributed by atoms with Crippen LogP contribution < -0.4 is 15.5 Å². The van der Waals surface area contributed by atoms with Crippen molar-refractivity contribution >= 4 is 23.4 Å². The second kappa shape index (κ2) is 8.21. The molecule has 0 fully saturated rings. The fourth-order valence-corrected chi connectivity index (χ4v) is 3.23. The molecule has 1 aliphatic heterocycles. The number of fused-ring (bicyclic) bond motifs is 1. The van der Waals surface area contributed by atoms with Gasteiger partial charge in [-0.3, -0.25) is 10.2 Å². The number of aromatic nitrogens is 2. The Hall–Kier alpha value is -3.69. The van der Waals surface area contributed by atoms with Crippen LogP contribution in [0.2, 0.25) is 0 Å². The molecule has 6 nitrogen and oxygen atoms in total. The highest BCUT2D eigenvalue weighted by atomic mass is 19.4. The third-order valence-corrected chi connectivity index (χ3v) is 4.67. The standard InChI is InChI=1S/C21H17F4N5O/c22-15-11-13(10-14(12-15)21(23,24)25)16-5-6-17-19(28-16)30(9-3-8-26-17)20(31)29-18-4-1-2-7-27-18/h1-2,4-7,10-12,26H,3,8-9H2,(H,27,29,31). The number of carbonyl (C=O) groups excluding carboxylic acids is 1. The van der Waals surface area contributed by atoms with Gasteiger partial charge in [-0.2, -0.15) is 13.2 Å². The van der Waals surface area contributed by atoms with Crippen molar-refractivity contribution in [2.24, 2.45) is 0 Å². The molecule has 0 atom stereocenters. The predicted molar refractivity (Wildman–Crippen MR) is 108 cm³/mol. The van der Waals surface area contributed by atoms with E-state index in [2.05, 4.69) is 20.6 Å². The molecule has 2 amide bonds. The first kappa shape index (κ1) is 20.6. The molecule has 0 bridgehead atoms. The molecule has 2 aromatic heterocycles. The lowest BCUT2D eigenvalue weighted by Gasteiger charge is -2.22. The van der Waals surface area contributed by atoms with Crippen LogP contribution in [0.4, 0.5) is 39.7 Å². The molecule has 0 saturated heterocycles. The molecule has 4 rings (SSSR count). The number of rotatable bonds is 2. The van der Waals surface area contributed by atoms with Crippen molar-refractivity contribution in [3.63, 3.8) is 0 Å². The molecule has 10 heteroatoms. The average Bonchev–Trinajstić information content (AvgIpc) is 2.95. The zero-order valence-electron chi connectivity index (χ0n) is 16.1. The van der Waals surface area contributed by atoms with Crippen molar-refractivity contribution in [3.8, 4) is 11.3 Å². The van der Waals surface area contributed by atoms with E-state index in [9.17, 15) is 22.4 Å². The second-order valence-electron chi connectivity index (χ2n) is 6.87. The normalized spacial score (nSPS) is 13.7. The van der Waals surface area contributed by atoms with E-state index < -0.39 is 23.6 Å². The summed E-state index contributed by atoms with van der Waals surface area (Å²) in [7, 11) is 0. The number of hydrogen-bond acceptors (Lipinski definition) is 4. The maximum atomic E-state index is 13.9. The smallest absolute Gasteiger partial charge is 0.382 e. The number of amides is 2. The Morgan fingerprint density at radius 1 is 1.13 bits per heavy atom. The van der Waals surface area contributed by atoms with E-state index >= 15 is 0 Å². The van der Waals surface area contributed by atoms with Crippen LogP contribution in [0.5, 0.6) is 0 Å². The molecule has 0 radical (unpaired) electrons. The average molecular weight is 431 g/mol. The van der Waals surface area contributed by atoms with Crippen LogP contribution in [-0.4, -0.2) is 29.1 Å². The highest BCUT2D eigenvalue weighted by Crippen LogP contribution is 2.35. The maximum absolute atomic E-state index is 13.9. The van der Waals surface area contributed by atoms with Crippen LogP contribution in [0, 0.1) is 5.82 Å². The number of nitrogens with zero attached hydrogens (tertiary/aromatic N) is 3. The fourth-order valence-electron chi connectivity index (χ4n) is 3.23. The Kier molecular flexibility index (Phi) is 5.45. The number of pyridine rings is 2. The molecule has 3 aromatic rings. The van der Waals surface area contributed by atoms with E-state index in [0.29, 0.717) is 37.1 Å². The number of urea groups is 1. The van der Waals surface area contributed by atoms with E-state index in [1.54, 1.807) is 24.3 Å². The number of halogens is 4. The van der Waals surface area contributed by atoms with Crippen LogP contribution in [0.1, 0.15) is 12.0 Å². The van der Waals surface area contributed by atoms with Gasteiger partial charge in [0.15, 0.2) is 5.82 Å². The summed E-state index contributed by atoms with van der Waals surface area (Å²) in [6.07, 6.45) is -2.54. The number of benzene rings is 1. The van der Waals surface area contributed by atoms with Gasteiger partial charge < -0.3 is 5.32 Å². The van der Waals surface area contributed by atoms with Crippen molar-refractivity contribution in [2.75, 3.05) is 28.6 Å². The molecule has 160 valence electrons. The van der Waals surface area contributed by atoms with Gasteiger partial charge in [0, 0.05) is 24.8 Å². The van der Waals surface area contributed by atoms with Gasteiger partial charge in [0.05, 0.1) is 16.9 Å². The van der Waals surface area contributed by atoms with Gasteiger partial charge in [0.25, 0.3) is 0 Å². The molecule has 0 unspecified atom stereocenters. The lowest BCUT2D eigenvalue weighted by atomic mass is 10.1. The minimum absolute atomic E-state index is 0.0375. The van der Waals surface area contributed by atoms with Gasteiger partial charge in [-0.1, -0.05) is 6.07 Å². The molecule has 0 aliphatic carbocycles. The topological polar surface area (TPSA) is 70.2 Å². The van der Waals surface area contributed by atoms with E-state index in [0.717, 1.165) is 12.1 Å². The monoisotopic (exact) mass is 431 g/mol. The van der Waals surface area contributed by atoms with Gasteiger partial charge >= 0.3 is 12.2 Å². The Balaban J connectivity index is 1.72. The molecular formula is C21H17F4N5O. The van der Waals surface area contributed by atoms with E-state index in [4.69, 9.17) is 0 Å². The van der Waals surface area contributed by atoms with Crippen molar-refractivity contribution < 1.29 is 22.4 Å². The van der Waals surface area contributed by atoms with E-state index in [-0.39, 0.29) is 17.1 Å². The summed E-state index contributed by atoms with van der Waals surface area (Å²) in [5.41, 5.74) is -0.487. The third-order valence-electron chi connectivity index (χ3n) is 4.67. The lowest BCUT2D eigenvalue weighted by Crippen LogP contribution is -2.36. The third kappa shape index (κ3) is 4.57. The SMILES string of the molecule is O=C(Nc1ccccn1)N1CCCNc2ccc(-c3cc(F)cc(C(F)(F)F)c3)nc21. The first-order valence-corrected chi connectivity index (χ1v) is 9.44. The number of anilines is 3. The molecule has 2 N–H and O–H groups in total. The van der Waals surface area contributed by atoms with Crippen molar-refractivity contribution in [3.05, 3.63) is 66.1 Å². The molecule has 0 saturated carbocycles. The minimum atomic E-state index is -4.70. The van der Waals surface area contributed by atoms with Crippen LogP contribution in [0.15, 0.2) is 54.7 Å². The van der Waals surface area contributed by atoms with Gasteiger partial charge in [-0.05, 0) is 48.9 Å². The zero-order chi connectivity index (χ0) is 22.0. The summed E-state index contributed by atoms with van der Waals surface area (Å²) in [5.74, 6) is -0.437. The molecule has 3 heterocycles. The van der Waals surface area contributed by atoms with E-state index in [1.807, 2.05) is 0 Å². The predicted octanol–water partition coefficient (Wildman–Crippen LogP) is 5.16. The highest BCUT2D eigenvalue weighted by Gasteiger charge is 2.32. The maximum Gasteiger partial charge on any atom is 0.416 e. The van der Waals surface area contributed by atoms with Crippen molar-refractivity contribution in [1.29, 1.82) is 0 Å². The van der Waals surface area contributed by atoms with E-state index in [1.165, 1.54) is 17.2 Å². The van der Waals surface area contributed by atoms with Crippen LogP contribution in [0.25, 0.3) is 11.3 Å². The Bertz CT molecular complexity index is 1100. The molecular weight excluding hydrogens is 414 g/mol. The summed E-state index contributed by atoms with van der Waals surface area (Å²) in [6, 6.07) is 9.92. The summed E-state index contributed by atoms with van der Waals surface area (Å²) in [4.78, 5) is 22.7. The minimum Gasteiger partial charge on any atom is -0.382 e. The number of hydrogen-bond donors (Lipinski definition) is 2. The summed E-state index contributed by atoms with van der Waals surface area (Å²) in [6.45, 7) is 0.908. The number of alkyl halides is 3. The zero-order valence-corrected chi connectivity index (χ0v) is 16.1. The van der Waals surface area contributed by atoms with Crippen LogP contribution in [0.3, 0.4) is 0 Å². The van der Waals surface area contributed by atoms with Crippen LogP contribution >= 0.6 is 0 Å². The molecule has 1 aromatic carbocycles. The highest BCUT2D eigenvalue weighted by molar-refractivity contribution is 6.02. The molecule has 31 heavy (non-hydrogen) atoms. The van der Waals surface area contributed by atoms with Gasteiger partial charge in [0.2, 0.25) is 0 Å². The van der Waals surface area contributed by atoms with Gasteiger partial charge in [0.1, 0.15) is 11.6 Å². The second-order valence-corrected chi connectivity index (χ2v) is 6.87. The Labute approximate surface area is 174 Å². The fraction of sp³-hybridized carbons (Fsp3) is 0.190. The number of carbonyl (C=O) groups is 1. The first-order valence-electron chi connectivity index (χ1n) is 9.44. The largest absolute Gasteiger partial charge is 0.416 e. The Morgan fingerprint density at radius 2 is 1.97 bits per heavy atom. The summed E-state index contributed by atoms with van der Waals surface area (Å²) in [5, 5.41) is 5.82. The molecule has 1 aliphatic rings. The van der Waals surface area contributed by atoms with Crippen molar-refractivity contribution in [1.82, 2.24) is 9.97 Å². The van der Waals surface area contributed by atoms with Crippen LogP contribution in [-0.2, 0) is 6.18 Å². The van der Waals surface area contributed by atoms with Gasteiger partial charge in [-0.25, -0.2) is 19.2 Å². The quantitative estimate of drug-likeness (QED) is 0.551. The summed E-state index contributed by atoms with van der Waals surface area (Å²) >= 11 is 0. The lowest BCUT2D eigenvalue weighted by molar-refractivity contribution is -0.137. The molecule has 0 spiro atoms. The van der Waals surface area contributed by atoms with Crippen molar-refractivity contribution in [2.45, 2.75) is 12.6 Å². The summed E-state index contributed by atoms with van der Waals surface area (Å²) < 4.78 is 53.2. The Morgan fingerprint density at radius 3 is 2.71 bits per heavy atom. The first-order chi connectivity index (χ1) is 14.8. The van der Waals surface area contributed by atoms with Gasteiger partial charge in [-0.15, -0.1) is 0 Å². The number of nitrogens with one attached hydrogen (secondary N) is 2.